The number of amides is 1. The number of hydrogen-bond acceptors (Lipinski definition) is 3. The lowest BCUT2D eigenvalue weighted by atomic mass is 10.1. The molecule has 2 aromatic rings. The monoisotopic (exact) mass is 344 g/mol. The van der Waals surface area contributed by atoms with Gasteiger partial charge in [0.25, 0.3) is 0 Å². The Morgan fingerprint density at radius 3 is 2.44 bits per heavy atom. The van der Waals surface area contributed by atoms with Crippen molar-refractivity contribution in [3.05, 3.63) is 66.8 Å². The van der Waals surface area contributed by atoms with Crippen LogP contribution in [-0.4, -0.2) is 12.4 Å². The summed E-state index contributed by atoms with van der Waals surface area (Å²) in [6.07, 6.45) is 2.05. The van der Waals surface area contributed by atoms with Crippen molar-refractivity contribution in [1.29, 1.82) is 0 Å². The van der Waals surface area contributed by atoms with E-state index in [1.54, 1.807) is 0 Å². The van der Waals surface area contributed by atoms with Gasteiger partial charge in [0.1, 0.15) is 11.6 Å². The van der Waals surface area contributed by atoms with Crippen LogP contribution in [-0.2, 0) is 11.2 Å². The molecule has 2 rings (SSSR count). The summed E-state index contributed by atoms with van der Waals surface area (Å²) in [7, 11) is 0. The van der Waals surface area contributed by atoms with E-state index in [-0.39, 0.29) is 12.2 Å². The van der Waals surface area contributed by atoms with E-state index < -0.39 is 12.4 Å². The van der Waals surface area contributed by atoms with Crippen LogP contribution in [0, 0.1) is 12.7 Å². The summed E-state index contributed by atoms with van der Waals surface area (Å²) in [5.74, 6) is 0.0442. The van der Waals surface area contributed by atoms with Gasteiger partial charge in [0.15, 0.2) is 0 Å². The average molecular weight is 344 g/mol. The summed E-state index contributed by atoms with van der Waals surface area (Å²) in [5, 5.41) is 2.66. The van der Waals surface area contributed by atoms with Gasteiger partial charge in [-0.25, -0.2) is 9.18 Å². The molecule has 5 heteroatoms. The molecule has 0 heterocycles. The Morgan fingerprint density at radius 1 is 1.16 bits per heavy atom. The van der Waals surface area contributed by atoms with Crippen LogP contribution in [0.4, 0.5) is 14.9 Å². The predicted molar refractivity (Wildman–Crippen MR) is 95.9 cm³/mol. The molecule has 0 saturated carbocycles. The van der Waals surface area contributed by atoms with Crippen LogP contribution in [0.2, 0.25) is 0 Å². The lowest BCUT2D eigenvalue weighted by Gasteiger charge is -2.18. The summed E-state index contributed by atoms with van der Waals surface area (Å²) in [5.41, 5.74) is 1.88. The second-order valence-electron chi connectivity index (χ2n) is 5.62. The Hall–Kier alpha value is -2.56. The summed E-state index contributed by atoms with van der Waals surface area (Å²) < 4.78 is 23.6. The summed E-state index contributed by atoms with van der Waals surface area (Å²) >= 11 is 0. The van der Waals surface area contributed by atoms with E-state index in [9.17, 15) is 9.18 Å². The van der Waals surface area contributed by atoms with Crippen LogP contribution in [0.15, 0.2) is 48.5 Å². The van der Waals surface area contributed by atoms with Crippen LogP contribution in [0.5, 0.6) is 5.75 Å². The molecule has 1 N–H and O–H groups in total. The van der Waals surface area contributed by atoms with Crippen molar-refractivity contribution in [2.45, 2.75) is 38.9 Å². The predicted octanol–water partition coefficient (Wildman–Crippen LogP) is 5.35. The highest BCUT2D eigenvalue weighted by molar-refractivity contribution is 5.84. The van der Waals surface area contributed by atoms with Crippen molar-refractivity contribution in [3.63, 3.8) is 0 Å². The third-order valence-corrected chi connectivity index (χ3v) is 3.57. The van der Waals surface area contributed by atoms with Crippen LogP contribution in [0.1, 0.15) is 31.7 Å². The molecule has 1 radical (unpaired) electrons. The molecule has 4 nitrogen and oxygen atoms in total. The van der Waals surface area contributed by atoms with E-state index in [4.69, 9.17) is 9.47 Å². The Morgan fingerprint density at radius 2 is 1.84 bits per heavy atom. The lowest BCUT2D eigenvalue weighted by molar-refractivity contribution is -0.0240. The molecular formula is C20H23FNO3. The molecule has 1 atom stereocenters. The lowest BCUT2D eigenvalue weighted by Crippen LogP contribution is -2.26. The molecule has 0 unspecified atom stereocenters. The zero-order valence-electron chi connectivity index (χ0n) is 14.3. The number of carbonyl (C=O) groups excluding carboxylic acids is 1. The topological polar surface area (TPSA) is 47.6 Å². The first-order chi connectivity index (χ1) is 12.1. The quantitative estimate of drug-likeness (QED) is 0.657. The summed E-state index contributed by atoms with van der Waals surface area (Å²) in [6, 6.07) is 13.1. The molecule has 0 fully saturated rings. The highest BCUT2D eigenvalue weighted by Crippen LogP contribution is 2.16. The van der Waals surface area contributed by atoms with E-state index in [0.717, 1.165) is 19.3 Å². The van der Waals surface area contributed by atoms with E-state index in [0.29, 0.717) is 11.4 Å². The fourth-order valence-electron chi connectivity index (χ4n) is 2.21. The first kappa shape index (κ1) is 18.8. The second-order valence-corrected chi connectivity index (χ2v) is 5.62. The van der Waals surface area contributed by atoms with Gasteiger partial charge in [0.2, 0.25) is 6.29 Å². The van der Waals surface area contributed by atoms with Gasteiger partial charge in [0.05, 0.1) is 0 Å². The SMILES string of the molecule is [CH2]C[C@@H](OC(=O)Nc1ccc(CCCC)cc1)Oc1ccc(F)cc1. The molecule has 0 spiro atoms. The van der Waals surface area contributed by atoms with Crippen LogP contribution in [0.3, 0.4) is 0 Å². The molecule has 0 aromatic heterocycles. The highest BCUT2D eigenvalue weighted by atomic mass is 19.1. The Kier molecular flexibility index (Phi) is 7.26. The van der Waals surface area contributed by atoms with Crippen LogP contribution < -0.4 is 10.1 Å². The maximum absolute atomic E-state index is 12.9. The minimum atomic E-state index is -0.853. The number of nitrogens with one attached hydrogen (secondary N) is 1. The molecule has 0 aliphatic carbocycles. The molecule has 25 heavy (non-hydrogen) atoms. The maximum atomic E-state index is 12.9. The molecule has 133 valence electrons. The minimum absolute atomic E-state index is 0.223. The van der Waals surface area contributed by atoms with E-state index in [1.165, 1.54) is 29.8 Å². The average Bonchev–Trinajstić information content (AvgIpc) is 2.62. The van der Waals surface area contributed by atoms with Gasteiger partial charge < -0.3 is 9.47 Å². The van der Waals surface area contributed by atoms with E-state index >= 15 is 0 Å². The number of carbonyl (C=O) groups is 1. The van der Waals surface area contributed by atoms with Crippen molar-refractivity contribution in [2.75, 3.05) is 5.32 Å². The number of halogens is 1. The highest BCUT2D eigenvalue weighted by Gasteiger charge is 2.14. The standard InChI is InChI=1S/C20H23FNO3/c1-3-5-6-15-7-11-17(12-8-15)22-20(23)25-19(4-2)24-18-13-9-16(21)10-14-18/h7-14,19H,2-6H2,1H3,(H,22,23)/t19-/m1/s1. The number of benzene rings is 2. The van der Waals surface area contributed by atoms with Crippen molar-refractivity contribution in [1.82, 2.24) is 0 Å². The number of aryl methyl sites for hydroxylation is 1. The number of unbranched alkanes of at least 4 members (excludes halogenated alkanes) is 1. The smallest absolute Gasteiger partial charge is 0.414 e. The molecule has 2 aromatic carbocycles. The Balaban J connectivity index is 1.85. The van der Waals surface area contributed by atoms with Crippen molar-refractivity contribution >= 4 is 11.8 Å². The second kappa shape index (κ2) is 9.67. The fourth-order valence-corrected chi connectivity index (χ4v) is 2.21. The molecule has 0 aliphatic heterocycles. The third-order valence-electron chi connectivity index (χ3n) is 3.57. The number of ether oxygens (including phenoxy) is 2. The van der Waals surface area contributed by atoms with Gasteiger partial charge >= 0.3 is 6.09 Å². The molecule has 1 amide bonds. The number of anilines is 1. The van der Waals surface area contributed by atoms with Crippen LogP contribution in [0.25, 0.3) is 0 Å². The number of hydrogen-bond donors (Lipinski definition) is 1. The van der Waals surface area contributed by atoms with Gasteiger partial charge in [0, 0.05) is 12.1 Å². The van der Waals surface area contributed by atoms with Crippen molar-refractivity contribution in [2.24, 2.45) is 0 Å². The van der Waals surface area contributed by atoms with E-state index in [2.05, 4.69) is 19.2 Å². The molecular weight excluding hydrogens is 321 g/mol. The van der Waals surface area contributed by atoms with Crippen molar-refractivity contribution < 1.29 is 18.7 Å². The maximum Gasteiger partial charge on any atom is 0.414 e. The first-order valence-electron chi connectivity index (χ1n) is 8.38. The Labute approximate surface area is 148 Å². The zero-order chi connectivity index (χ0) is 18.1. The number of rotatable bonds is 8. The van der Waals surface area contributed by atoms with Crippen molar-refractivity contribution in [3.8, 4) is 5.75 Å². The molecule has 0 bridgehead atoms. The molecule has 0 aliphatic rings. The van der Waals surface area contributed by atoms with Gasteiger partial charge in [-0.3, -0.25) is 5.32 Å². The third kappa shape index (κ3) is 6.45. The molecule has 0 saturated heterocycles. The Bertz CT molecular complexity index is 656. The zero-order valence-corrected chi connectivity index (χ0v) is 14.3. The first-order valence-corrected chi connectivity index (χ1v) is 8.38. The summed E-state index contributed by atoms with van der Waals surface area (Å²) in [4.78, 5) is 12.0. The largest absolute Gasteiger partial charge is 0.455 e. The van der Waals surface area contributed by atoms with Gasteiger partial charge in [-0.05, 0) is 61.7 Å². The van der Waals surface area contributed by atoms with Gasteiger partial charge in [-0.1, -0.05) is 25.5 Å². The minimum Gasteiger partial charge on any atom is -0.455 e. The fraction of sp³-hybridized carbons (Fsp3) is 0.300. The van der Waals surface area contributed by atoms with Crippen LogP contribution >= 0.6 is 0 Å². The van der Waals surface area contributed by atoms with Gasteiger partial charge in [-0.2, -0.15) is 0 Å². The van der Waals surface area contributed by atoms with E-state index in [1.807, 2.05) is 24.3 Å². The van der Waals surface area contributed by atoms with Gasteiger partial charge in [-0.15, -0.1) is 0 Å². The normalized spacial score (nSPS) is 11.6. The summed E-state index contributed by atoms with van der Waals surface area (Å²) in [6.45, 7) is 5.85.